The fourth-order valence-electron chi connectivity index (χ4n) is 13.5. The Morgan fingerprint density at radius 2 is 1.04 bits per heavy atom. The molecule has 0 aromatic heterocycles. The second-order valence-corrected chi connectivity index (χ2v) is 28.4. The van der Waals surface area contributed by atoms with E-state index >= 15 is 0 Å². The maximum absolute atomic E-state index is 13.2. The summed E-state index contributed by atoms with van der Waals surface area (Å²) in [6.07, 6.45) is -54.0. The number of hydrogen-bond donors (Lipinski definition) is 22. The summed E-state index contributed by atoms with van der Waals surface area (Å²) in [5, 5.41) is 223. The Balaban J connectivity index is 0.959. The van der Waals surface area contributed by atoms with Gasteiger partial charge in [0.15, 0.2) is 31.5 Å². The minimum atomic E-state index is -3.31. The van der Waals surface area contributed by atoms with Gasteiger partial charge in [0.2, 0.25) is 23.6 Å². The van der Waals surface area contributed by atoms with E-state index in [2.05, 4.69) is 10.6 Å². The van der Waals surface area contributed by atoms with Crippen molar-refractivity contribution in [2.45, 2.75) is 292 Å². The molecule has 616 valence electrons. The van der Waals surface area contributed by atoms with E-state index in [-0.39, 0.29) is 55.8 Å². The molecule has 22 N–H and O–H groups in total. The quantitative estimate of drug-likeness (QED) is 0.0200. The molecule has 0 aliphatic carbocycles. The Bertz CT molecular complexity index is 2830. The smallest absolute Gasteiger partial charge is 0.364 e. The first kappa shape index (κ1) is 90.2. The summed E-state index contributed by atoms with van der Waals surface area (Å²) < 4.78 is 69.5. The zero-order valence-electron chi connectivity index (χ0n) is 58.7. The Hall–Kier alpha value is -4.00. The number of hydrogen-bond acceptors (Lipinski definition) is 39. The summed E-state index contributed by atoms with van der Waals surface area (Å²) in [5.41, 5.74) is 0. The Kier molecular flexibility index (Phi) is 35.6. The molecular weight excluding hydrogens is 1470 g/mol. The van der Waals surface area contributed by atoms with E-state index in [0.29, 0.717) is 63.5 Å². The van der Waals surface area contributed by atoms with Crippen molar-refractivity contribution in [3.05, 3.63) is 0 Å². The number of amides is 4. The highest BCUT2D eigenvalue weighted by Gasteiger charge is 2.62. The molecule has 0 saturated carbocycles. The second kappa shape index (κ2) is 42.2. The van der Waals surface area contributed by atoms with Gasteiger partial charge < -0.3 is 170 Å². The summed E-state index contributed by atoms with van der Waals surface area (Å²) in [4.78, 5) is 89.4. The van der Waals surface area contributed by atoms with E-state index < -0.39 is 265 Å². The van der Waals surface area contributed by atoms with Crippen molar-refractivity contribution in [1.82, 2.24) is 15.5 Å². The zero-order chi connectivity index (χ0) is 78.9. The number of aliphatic hydroxyl groups is 19. The van der Waals surface area contributed by atoms with Crippen LogP contribution in [0.5, 0.6) is 0 Å². The molecule has 107 heavy (non-hydrogen) atoms. The van der Waals surface area contributed by atoms with Gasteiger partial charge in [0.1, 0.15) is 159 Å². The molecule has 0 spiro atoms. The van der Waals surface area contributed by atoms with E-state index in [0.717, 1.165) is 6.92 Å². The molecule has 0 aromatic rings. The molecule has 7 fully saturated rings. The molecular formula is C64H105N3O39S. The number of rotatable bonds is 41. The van der Waals surface area contributed by atoms with Gasteiger partial charge in [-0.3, -0.25) is 33.7 Å². The summed E-state index contributed by atoms with van der Waals surface area (Å²) in [6.45, 7) is -4.84. The van der Waals surface area contributed by atoms with Crippen LogP contribution < -0.4 is 10.6 Å². The van der Waals surface area contributed by atoms with Crippen LogP contribution in [0.15, 0.2) is 0 Å². The third-order valence-electron chi connectivity index (χ3n) is 19.6. The summed E-state index contributed by atoms with van der Waals surface area (Å²) in [6, 6.07) is -3.82. The molecule has 32 atom stereocenters. The number of Topliss-reactive ketones (excluding diaryl/α,β-unsaturated/α-hetero) is 2. The van der Waals surface area contributed by atoms with Crippen LogP contribution in [-0.2, 0) is 90.4 Å². The van der Waals surface area contributed by atoms with Crippen molar-refractivity contribution < 1.29 is 193 Å². The van der Waals surface area contributed by atoms with Crippen molar-refractivity contribution in [1.29, 1.82) is 0 Å². The molecule has 0 radical (unpaired) electrons. The van der Waals surface area contributed by atoms with Crippen LogP contribution in [0, 0.1) is 0 Å². The van der Waals surface area contributed by atoms with Gasteiger partial charge in [0.05, 0.1) is 57.0 Å². The van der Waals surface area contributed by atoms with Crippen LogP contribution in [0.4, 0.5) is 0 Å². The number of likely N-dealkylation sites (tertiary alicyclic amines) is 1. The number of carboxylic acid groups (broad SMARTS) is 1. The maximum Gasteiger partial charge on any atom is 0.364 e. The largest absolute Gasteiger partial charge is 0.477 e. The number of carboxylic acids is 1. The number of carbonyl (C=O) groups excluding carboxylic acids is 6. The van der Waals surface area contributed by atoms with Gasteiger partial charge in [0.25, 0.3) is 5.79 Å². The number of ether oxygens (including phenoxy) is 12. The third-order valence-corrected chi connectivity index (χ3v) is 20.8. The topological polar surface area (TPSA) is 662 Å². The number of nitrogens with one attached hydrogen (secondary N) is 2. The lowest BCUT2D eigenvalue weighted by atomic mass is 9.88. The molecule has 7 aliphatic heterocycles. The number of carbonyl (C=O) groups is 7. The Labute approximate surface area is 616 Å². The summed E-state index contributed by atoms with van der Waals surface area (Å²) in [7, 11) is 0. The van der Waals surface area contributed by atoms with Gasteiger partial charge in [0, 0.05) is 64.4 Å². The molecule has 0 aromatic carbocycles. The van der Waals surface area contributed by atoms with Crippen LogP contribution in [0.3, 0.4) is 0 Å². The first-order valence-electron chi connectivity index (χ1n) is 35.5. The SMILES string of the molecule is CCC(=O)CCCCCN1C(=O)CC(SCCC(=O)CCCCCCO[C@@H]2OC(CO)[C@H](O)[C@H](O[C@@H]3OC(CO)[C@H](O[C@H]4OC(CO)[C@H](O)[C@H](O[C@@H]5OC(CO)[C@H](O)[C@H](O[C@@H]6OC(CO)[C@H](O)[C@H](O[C@]7(C(=O)O)CC(O)[C@@H](NC(=O)CO)C([C@H](O)[C@H](O)CO)O7)C6O)C5NC(C)=O)C4O)[C@H](O)C3O)C2O)C1=O. The lowest BCUT2D eigenvalue weighted by Gasteiger charge is -2.51. The normalized spacial score (nSPS) is 39.7. The minimum absolute atomic E-state index is 0.0282. The number of imide groups is 1. The maximum atomic E-state index is 13.2. The van der Waals surface area contributed by atoms with Gasteiger partial charge in [-0.25, -0.2) is 4.79 Å². The number of aliphatic hydroxyl groups excluding tert-OH is 19. The van der Waals surface area contributed by atoms with Crippen LogP contribution in [-0.4, -0.2) is 408 Å². The van der Waals surface area contributed by atoms with Crippen LogP contribution in [0.1, 0.15) is 97.3 Å². The highest BCUT2D eigenvalue weighted by molar-refractivity contribution is 8.00. The van der Waals surface area contributed by atoms with Crippen LogP contribution >= 0.6 is 11.8 Å². The lowest BCUT2D eigenvalue weighted by Crippen LogP contribution is -2.71. The number of aliphatic carboxylic acids is 1. The van der Waals surface area contributed by atoms with Crippen molar-refractivity contribution in [2.24, 2.45) is 0 Å². The van der Waals surface area contributed by atoms with Gasteiger partial charge in [-0.2, -0.15) is 0 Å². The number of thioether (sulfide) groups is 1. The van der Waals surface area contributed by atoms with E-state index in [1.54, 1.807) is 6.92 Å². The van der Waals surface area contributed by atoms with Gasteiger partial charge in [-0.1, -0.05) is 26.2 Å². The minimum Gasteiger partial charge on any atom is -0.477 e. The Morgan fingerprint density at radius 3 is 1.60 bits per heavy atom. The van der Waals surface area contributed by atoms with E-state index in [1.165, 1.54) is 16.7 Å². The zero-order valence-corrected chi connectivity index (χ0v) is 59.5. The first-order chi connectivity index (χ1) is 50.9. The van der Waals surface area contributed by atoms with Crippen LogP contribution in [0.2, 0.25) is 0 Å². The van der Waals surface area contributed by atoms with Crippen molar-refractivity contribution in [3.8, 4) is 0 Å². The van der Waals surface area contributed by atoms with E-state index in [4.69, 9.17) is 56.8 Å². The molecule has 7 rings (SSSR count). The van der Waals surface area contributed by atoms with Crippen LogP contribution in [0.25, 0.3) is 0 Å². The average molecular weight is 1570 g/mol. The van der Waals surface area contributed by atoms with E-state index in [9.17, 15) is 136 Å². The lowest BCUT2D eigenvalue weighted by molar-refractivity contribution is -0.393. The molecule has 13 unspecified atom stereocenters. The third kappa shape index (κ3) is 22.5. The summed E-state index contributed by atoms with van der Waals surface area (Å²) in [5.74, 6) is -7.68. The molecule has 42 nitrogen and oxygen atoms in total. The van der Waals surface area contributed by atoms with Gasteiger partial charge in [-0.05, 0) is 25.7 Å². The van der Waals surface area contributed by atoms with Crippen molar-refractivity contribution in [2.75, 3.05) is 65.2 Å². The molecule has 7 aliphatic rings. The fraction of sp³-hybridized carbons (Fsp3) is 0.891. The standard InChI is InChI=1S/C64H105N3O39S/c1-3-27(76)11-8-6-9-14-67-38(81)17-36(57(67)92)107-16-13-28(77)12-7-4-5-10-15-95-59-48(89)54(43(84)32(21-70)97-59)104-60-47(88)46(87)51(35(24-73)100-60)101-61-49(90)55(44(85)33(22-71)98-61)103-58-40(65-26(2)75)52(42(83)31(20-69)96-58)102-62-50(91)56(45(86)34(23-72)99-62)106-64(63(93)94)18-29(78)39(66-37(80)25-74)53(105-64)41(82)30(79)19-68/h29-36,39-56,58-62,68-74,78-79,82-91H,3-25H2,1-2H3,(H,65,75)(H,66,80)(H,93,94)/t29?,30-,31?,32?,33?,34?,35?,36?,39-,40?,41-,42+,43+,44+,45+,46-,47?,48?,49?,50?,51+,52-,53?,54+,55+,56+,58+,59-,60+,61-,62+,64+/m1/s1. The van der Waals surface area contributed by atoms with Crippen molar-refractivity contribution >= 4 is 52.9 Å². The predicted octanol–water partition coefficient (Wildman–Crippen LogP) is -11.3. The highest BCUT2D eigenvalue weighted by Crippen LogP contribution is 2.41. The van der Waals surface area contributed by atoms with Crippen molar-refractivity contribution in [3.63, 3.8) is 0 Å². The molecule has 7 saturated heterocycles. The molecule has 0 bridgehead atoms. The van der Waals surface area contributed by atoms with Gasteiger partial charge in [-0.15, -0.1) is 11.8 Å². The van der Waals surface area contributed by atoms with E-state index in [1.807, 2.05) is 0 Å². The second-order valence-electron chi connectivity index (χ2n) is 27.1. The molecule has 7 heterocycles. The number of ketones is 2. The summed E-state index contributed by atoms with van der Waals surface area (Å²) >= 11 is 1.27. The van der Waals surface area contributed by atoms with Gasteiger partial charge >= 0.3 is 5.97 Å². The Morgan fingerprint density at radius 1 is 0.551 bits per heavy atom. The molecule has 43 heteroatoms. The predicted molar refractivity (Wildman–Crippen MR) is 349 cm³/mol. The number of unbranched alkanes of at least 4 members (excludes halogenated alkanes) is 5. The average Bonchev–Trinajstić information content (AvgIpc) is 0.801. The highest BCUT2D eigenvalue weighted by atomic mass is 32.2. The number of nitrogens with zero attached hydrogens (tertiary/aromatic N) is 1. The first-order valence-corrected chi connectivity index (χ1v) is 36.5. The fourth-order valence-corrected chi connectivity index (χ4v) is 14.7. The molecule has 4 amide bonds. The monoisotopic (exact) mass is 1570 g/mol.